The first kappa shape index (κ1) is 16.0. The molecule has 0 aromatic carbocycles. The number of hydrogen-bond donors (Lipinski definition) is 0. The standard InChI is InChI=1S/C18H16N4O2S2/c1-9-3-4-12-13(7-9)25-16-14(12)17(20-8-19-16)26-18-22-21-15(24-18)11-5-6-23-10(11)2/h5-6,8-9H,3-4,7H2,1-2H3/t9-/m0/s1. The van der Waals surface area contributed by atoms with Crippen LogP contribution in [0.5, 0.6) is 0 Å². The van der Waals surface area contributed by atoms with Crippen molar-refractivity contribution < 1.29 is 8.83 Å². The molecule has 26 heavy (non-hydrogen) atoms. The van der Waals surface area contributed by atoms with E-state index in [2.05, 4.69) is 27.1 Å². The van der Waals surface area contributed by atoms with Crippen LogP contribution in [0, 0.1) is 12.8 Å². The zero-order chi connectivity index (χ0) is 17.7. The number of nitrogens with zero attached hydrogens (tertiary/aromatic N) is 4. The highest BCUT2D eigenvalue weighted by Crippen LogP contribution is 2.42. The first-order valence-corrected chi connectivity index (χ1v) is 10.1. The lowest BCUT2D eigenvalue weighted by atomic mass is 9.89. The van der Waals surface area contributed by atoms with Gasteiger partial charge >= 0.3 is 0 Å². The molecule has 0 saturated carbocycles. The van der Waals surface area contributed by atoms with E-state index in [1.165, 1.54) is 28.6 Å². The van der Waals surface area contributed by atoms with E-state index in [1.807, 2.05) is 13.0 Å². The van der Waals surface area contributed by atoms with Crippen LogP contribution in [-0.4, -0.2) is 20.2 Å². The summed E-state index contributed by atoms with van der Waals surface area (Å²) in [6, 6.07) is 1.83. The number of furan rings is 1. The number of rotatable bonds is 3. The van der Waals surface area contributed by atoms with E-state index in [0.29, 0.717) is 11.1 Å². The second-order valence-corrected chi connectivity index (χ2v) is 8.60. The highest BCUT2D eigenvalue weighted by molar-refractivity contribution is 7.99. The van der Waals surface area contributed by atoms with Gasteiger partial charge in [-0.15, -0.1) is 21.5 Å². The molecule has 1 atom stereocenters. The van der Waals surface area contributed by atoms with Crippen LogP contribution in [0.3, 0.4) is 0 Å². The third kappa shape index (κ3) is 2.64. The molecule has 0 saturated heterocycles. The minimum atomic E-state index is 0.463. The maximum absolute atomic E-state index is 5.82. The van der Waals surface area contributed by atoms with Crippen molar-refractivity contribution in [2.45, 2.75) is 43.4 Å². The van der Waals surface area contributed by atoms with Crippen molar-refractivity contribution in [2.75, 3.05) is 0 Å². The third-order valence-electron chi connectivity index (χ3n) is 4.74. The molecule has 0 bridgehead atoms. The molecule has 8 heteroatoms. The van der Waals surface area contributed by atoms with Gasteiger partial charge in [0.25, 0.3) is 11.1 Å². The Morgan fingerprint density at radius 1 is 1.27 bits per heavy atom. The summed E-state index contributed by atoms with van der Waals surface area (Å²) in [6.07, 6.45) is 6.66. The van der Waals surface area contributed by atoms with Crippen molar-refractivity contribution >= 4 is 33.3 Å². The van der Waals surface area contributed by atoms with Crippen LogP contribution in [0.2, 0.25) is 0 Å². The number of hydrogen-bond acceptors (Lipinski definition) is 8. The van der Waals surface area contributed by atoms with E-state index in [0.717, 1.165) is 45.3 Å². The van der Waals surface area contributed by atoms with Gasteiger partial charge in [-0.25, -0.2) is 9.97 Å². The number of thiophene rings is 1. The van der Waals surface area contributed by atoms with E-state index in [4.69, 9.17) is 8.83 Å². The SMILES string of the molecule is Cc1occc1-c1nnc(Sc2ncnc3sc4c(c23)CC[C@H](C)C4)o1. The van der Waals surface area contributed by atoms with Gasteiger partial charge < -0.3 is 8.83 Å². The Bertz CT molecular complexity index is 1100. The summed E-state index contributed by atoms with van der Waals surface area (Å²) in [5.41, 5.74) is 2.22. The van der Waals surface area contributed by atoms with Crippen molar-refractivity contribution in [1.29, 1.82) is 0 Å². The van der Waals surface area contributed by atoms with E-state index in [9.17, 15) is 0 Å². The molecule has 1 aliphatic carbocycles. The predicted molar refractivity (Wildman–Crippen MR) is 99.5 cm³/mol. The Labute approximate surface area is 158 Å². The zero-order valence-electron chi connectivity index (χ0n) is 14.4. The molecule has 0 aliphatic heterocycles. The largest absolute Gasteiger partial charge is 0.469 e. The minimum absolute atomic E-state index is 0.463. The molecular weight excluding hydrogens is 368 g/mol. The van der Waals surface area contributed by atoms with Crippen molar-refractivity contribution in [2.24, 2.45) is 5.92 Å². The van der Waals surface area contributed by atoms with Gasteiger partial charge in [0.2, 0.25) is 0 Å². The topological polar surface area (TPSA) is 77.8 Å². The quantitative estimate of drug-likeness (QED) is 0.464. The smallest absolute Gasteiger partial charge is 0.283 e. The molecule has 5 rings (SSSR count). The Hall–Kier alpha value is -2.19. The van der Waals surface area contributed by atoms with Crippen LogP contribution in [0.4, 0.5) is 0 Å². The van der Waals surface area contributed by atoms with Crippen LogP contribution in [0.15, 0.2) is 37.7 Å². The second kappa shape index (κ2) is 6.21. The van der Waals surface area contributed by atoms with Crippen molar-refractivity contribution in [3.8, 4) is 11.5 Å². The molecule has 6 nitrogen and oxygen atoms in total. The molecule has 0 unspecified atom stereocenters. The normalized spacial score (nSPS) is 16.9. The van der Waals surface area contributed by atoms with Crippen molar-refractivity contribution in [3.63, 3.8) is 0 Å². The van der Waals surface area contributed by atoms with E-state index in [-0.39, 0.29) is 0 Å². The summed E-state index contributed by atoms with van der Waals surface area (Å²) in [6.45, 7) is 4.19. The monoisotopic (exact) mass is 384 g/mol. The van der Waals surface area contributed by atoms with Gasteiger partial charge in [-0.05, 0) is 55.5 Å². The fourth-order valence-corrected chi connectivity index (χ4v) is 5.58. The van der Waals surface area contributed by atoms with Gasteiger partial charge in [0.15, 0.2) is 0 Å². The molecule has 1 aliphatic rings. The lowest BCUT2D eigenvalue weighted by molar-refractivity contribution is 0.463. The minimum Gasteiger partial charge on any atom is -0.469 e. The molecule has 4 aromatic heterocycles. The molecule has 0 spiro atoms. The Balaban J connectivity index is 1.52. The third-order valence-corrected chi connectivity index (χ3v) is 6.74. The zero-order valence-corrected chi connectivity index (χ0v) is 16.0. The van der Waals surface area contributed by atoms with Gasteiger partial charge in [-0.3, -0.25) is 0 Å². The lowest BCUT2D eigenvalue weighted by Crippen LogP contribution is -2.08. The molecule has 4 aromatic rings. The van der Waals surface area contributed by atoms with Crippen molar-refractivity contribution in [3.05, 3.63) is 34.9 Å². The van der Waals surface area contributed by atoms with Gasteiger partial charge in [0, 0.05) is 10.3 Å². The number of aryl methyl sites for hydroxylation is 2. The highest BCUT2D eigenvalue weighted by Gasteiger charge is 2.24. The van der Waals surface area contributed by atoms with Gasteiger partial charge in [-0.2, -0.15) is 0 Å². The summed E-state index contributed by atoms with van der Waals surface area (Å²) in [5.74, 6) is 1.96. The average Bonchev–Trinajstić information content (AvgIpc) is 3.32. The fraction of sp³-hybridized carbons (Fsp3) is 0.333. The maximum Gasteiger partial charge on any atom is 0.283 e. The van der Waals surface area contributed by atoms with Crippen molar-refractivity contribution in [1.82, 2.24) is 20.2 Å². The first-order valence-electron chi connectivity index (χ1n) is 8.50. The Morgan fingerprint density at radius 2 is 2.19 bits per heavy atom. The number of fused-ring (bicyclic) bond motifs is 3. The Morgan fingerprint density at radius 3 is 3.04 bits per heavy atom. The molecule has 0 radical (unpaired) electrons. The molecule has 4 heterocycles. The molecule has 0 N–H and O–H groups in total. The summed E-state index contributed by atoms with van der Waals surface area (Å²) in [5, 5.41) is 10.8. The lowest BCUT2D eigenvalue weighted by Gasteiger charge is -2.17. The van der Waals surface area contributed by atoms with Crippen LogP contribution < -0.4 is 0 Å². The van der Waals surface area contributed by atoms with E-state index in [1.54, 1.807) is 23.9 Å². The summed E-state index contributed by atoms with van der Waals surface area (Å²) < 4.78 is 11.1. The van der Waals surface area contributed by atoms with Crippen LogP contribution in [0.25, 0.3) is 21.7 Å². The maximum atomic E-state index is 5.82. The van der Waals surface area contributed by atoms with E-state index < -0.39 is 0 Å². The first-order chi connectivity index (χ1) is 12.7. The van der Waals surface area contributed by atoms with Gasteiger partial charge in [0.1, 0.15) is 21.9 Å². The van der Waals surface area contributed by atoms with Gasteiger partial charge in [0.05, 0.1) is 11.8 Å². The predicted octanol–water partition coefficient (Wildman–Crippen LogP) is 4.92. The van der Waals surface area contributed by atoms with Crippen LogP contribution >= 0.6 is 23.1 Å². The van der Waals surface area contributed by atoms with Crippen LogP contribution in [0.1, 0.15) is 29.5 Å². The van der Waals surface area contributed by atoms with Gasteiger partial charge in [-0.1, -0.05) is 6.92 Å². The molecule has 0 amide bonds. The molecule has 132 valence electrons. The highest BCUT2D eigenvalue weighted by atomic mass is 32.2. The number of aromatic nitrogens is 4. The molecular formula is C18H16N4O2S2. The second-order valence-electron chi connectivity index (χ2n) is 6.58. The fourth-order valence-electron chi connectivity index (χ4n) is 3.37. The Kier molecular flexibility index (Phi) is 3.82. The summed E-state index contributed by atoms with van der Waals surface area (Å²) >= 11 is 3.19. The summed E-state index contributed by atoms with van der Waals surface area (Å²) in [7, 11) is 0. The van der Waals surface area contributed by atoms with E-state index >= 15 is 0 Å². The molecule has 0 fully saturated rings. The summed E-state index contributed by atoms with van der Waals surface area (Å²) in [4.78, 5) is 11.5. The average molecular weight is 384 g/mol. The van der Waals surface area contributed by atoms with Crippen LogP contribution in [-0.2, 0) is 12.8 Å².